The standard InChI is InChI=1S/C21H32N6/c1-4-26-13-15-27(16-14-26)21-23-19(18-9-6-5-7-10-18)17-20(24-21)22-11-8-12-25(2)3/h5-7,9-10,17H,4,8,11-16H2,1-3H3,(H,22,23,24). The zero-order valence-electron chi connectivity index (χ0n) is 16.9. The Hall–Kier alpha value is -2.18. The zero-order chi connectivity index (χ0) is 19.1. The monoisotopic (exact) mass is 368 g/mol. The highest BCUT2D eigenvalue weighted by atomic mass is 15.3. The van der Waals surface area contributed by atoms with Crippen LogP contribution < -0.4 is 10.2 Å². The summed E-state index contributed by atoms with van der Waals surface area (Å²) in [6.45, 7) is 9.40. The summed E-state index contributed by atoms with van der Waals surface area (Å²) in [6, 6.07) is 12.4. The molecule has 1 fully saturated rings. The van der Waals surface area contributed by atoms with E-state index < -0.39 is 0 Å². The number of aromatic nitrogens is 2. The van der Waals surface area contributed by atoms with Crippen LogP contribution in [0.15, 0.2) is 36.4 Å². The van der Waals surface area contributed by atoms with E-state index in [1.807, 2.05) is 6.07 Å². The van der Waals surface area contributed by atoms with Gasteiger partial charge in [0.2, 0.25) is 5.95 Å². The van der Waals surface area contributed by atoms with Crippen LogP contribution in [0.5, 0.6) is 0 Å². The molecule has 0 amide bonds. The van der Waals surface area contributed by atoms with E-state index in [4.69, 9.17) is 9.97 Å². The minimum Gasteiger partial charge on any atom is -0.370 e. The maximum absolute atomic E-state index is 4.88. The molecular weight excluding hydrogens is 336 g/mol. The van der Waals surface area contributed by atoms with Crippen molar-refractivity contribution in [3.63, 3.8) is 0 Å². The Morgan fingerprint density at radius 2 is 1.78 bits per heavy atom. The summed E-state index contributed by atoms with van der Waals surface area (Å²) in [7, 11) is 4.21. The van der Waals surface area contributed by atoms with Crippen LogP contribution in [0.3, 0.4) is 0 Å². The number of benzene rings is 1. The van der Waals surface area contributed by atoms with Crippen LogP contribution in [0.4, 0.5) is 11.8 Å². The van der Waals surface area contributed by atoms with Crippen LogP contribution in [-0.2, 0) is 0 Å². The lowest BCUT2D eigenvalue weighted by atomic mass is 10.1. The maximum Gasteiger partial charge on any atom is 0.227 e. The van der Waals surface area contributed by atoms with Crippen molar-refractivity contribution in [1.29, 1.82) is 0 Å². The third-order valence-electron chi connectivity index (χ3n) is 4.97. The van der Waals surface area contributed by atoms with Crippen molar-refractivity contribution >= 4 is 11.8 Å². The Balaban J connectivity index is 1.78. The summed E-state index contributed by atoms with van der Waals surface area (Å²) in [4.78, 5) is 16.7. The van der Waals surface area contributed by atoms with Gasteiger partial charge in [0, 0.05) is 44.4 Å². The highest BCUT2D eigenvalue weighted by molar-refractivity contribution is 5.64. The molecule has 6 heteroatoms. The molecule has 0 spiro atoms. The summed E-state index contributed by atoms with van der Waals surface area (Å²) < 4.78 is 0. The summed E-state index contributed by atoms with van der Waals surface area (Å²) in [5, 5.41) is 3.49. The van der Waals surface area contributed by atoms with Crippen LogP contribution in [0.2, 0.25) is 0 Å². The molecule has 0 aliphatic carbocycles. The fraction of sp³-hybridized carbons (Fsp3) is 0.524. The largest absolute Gasteiger partial charge is 0.370 e. The lowest BCUT2D eigenvalue weighted by Gasteiger charge is -2.34. The predicted octanol–water partition coefficient (Wildman–Crippen LogP) is 2.65. The van der Waals surface area contributed by atoms with E-state index >= 15 is 0 Å². The van der Waals surface area contributed by atoms with Crippen molar-refractivity contribution in [3.05, 3.63) is 36.4 Å². The lowest BCUT2D eigenvalue weighted by molar-refractivity contribution is 0.270. The Bertz CT molecular complexity index is 695. The van der Waals surface area contributed by atoms with Crippen LogP contribution in [0.25, 0.3) is 11.3 Å². The Kier molecular flexibility index (Phi) is 7.01. The van der Waals surface area contributed by atoms with Gasteiger partial charge >= 0.3 is 0 Å². The molecule has 6 nitrogen and oxygen atoms in total. The van der Waals surface area contributed by atoms with Crippen molar-refractivity contribution in [3.8, 4) is 11.3 Å². The highest BCUT2D eigenvalue weighted by Crippen LogP contribution is 2.23. The molecule has 2 aromatic rings. The molecule has 3 rings (SSSR count). The fourth-order valence-electron chi connectivity index (χ4n) is 3.30. The van der Waals surface area contributed by atoms with Gasteiger partial charge in [0.25, 0.3) is 0 Å². The first kappa shape index (κ1) is 19.6. The molecule has 1 saturated heterocycles. The highest BCUT2D eigenvalue weighted by Gasteiger charge is 2.19. The first-order valence-electron chi connectivity index (χ1n) is 9.96. The van der Waals surface area contributed by atoms with E-state index in [1.165, 1.54) is 0 Å². The number of nitrogens with zero attached hydrogens (tertiary/aromatic N) is 5. The molecule has 1 aliphatic rings. The average molecular weight is 369 g/mol. The van der Waals surface area contributed by atoms with Crippen molar-refractivity contribution in [1.82, 2.24) is 19.8 Å². The van der Waals surface area contributed by atoms with Gasteiger partial charge < -0.3 is 20.0 Å². The molecule has 2 heterocycles. The van der Waals surface area contributed by atoms with Gasteiger partial charge in [-0.05, 0) is 33.6 Å². The molecule has 0 unspecified atom stereocenters. The van der Waals surface area contributed by atoms with Gasteiger partial charge in [0.05, 0.1) is 5.69 Å². The minimum atomic E-state index is 0.835. The van der Waals surface area contributed by atoms with Crippen molar-refractivity contribution < 1.29 is 0 Å². The van der Waals surface area contributed by atoms with Gasteiger partial charge in [-0.1, -0.05) is 37.3 Å². The van der Waals surface area contributed by atoms with Crippen molar-refractivity contribution in [2.24, 2.45) is 0 Å². The number of rotatable bonds is 8. The smallest absolute Gasteiger partial charge is 0.227 e. The average Bonchev–Trinajstić information content (AvgIpc) is 2.71. The molecule has 146 valence electrons. The van der Waals surface area contributed by atoms with Crippen LogP contribution in [0, 0.1) is 0 Å². The second kappa shape index (κ2) is 9.67. The Labute approximate surface area is 163 Å². The number of hydrogen-bond donors (Lipinski definition) is 1. The molecular formula is C21H32N6. The van der Waals surface area contributed by atoms with Gasteiger partial charge in [0.15, 0.2) is 0 Å². The fourth-order valence-corrected chi connectivity index (χ4v) is 3.30. The SMILES string of the molecule is CCN1CCN(c2nc(NCCCN(C)C)cc(-c3ccccc3)n2)CC1. The molecule has 0 bridgehead atoms. The van der Waals surface area contributed by atoms with E-state index in [-0.39, 0.29) is 0 Å². The third kappa shape index (κ3) is 5.65. The molecule has 27 heavy (non-hydrogen) atoms. The molecule has 1 aliphatic heterocycles. The second-order valence-electron chi connectivity index (χ2n) is 7.31. The summed E-state index contributed by atoms with van der Waals surface area (Å²) in [6.07, 6.45) is 1.09. The predicted molar refractivity (Wildman–Crippen MR) is 113 cm³/mol. The van der Waals surface area contributed by atoms with Gasteiger partial charge in [-0.3, -0.25) is 0 Å². The maximum atomic E-state index is 4.88. The summed E-state index contributed by atoms with van der Waals surface area (Å²) in [5.41, 5.74) is 2.11. The van der Waals surface area contributed by atoms with E-state index in [2.05, 4.69) is 71.4 Å². The molecule has 0 saturated carbocycles. The van der Waals surface area contributed by atoms with Crippen LogP contribution >= 0.6 is 0 Å². The first-order chi connectivity index (χ1) is 13.2. The lowest BCUT2D eigenvalue weighted by Crippen LogP contribution is -2.46. The van der Waals surface area contributed by atoms with E-state index in [1.54, 1.807) is 0 Å². The number of nitrogens with one attached hydrogen (secondary N) is 1. The molecule has 0 atom stereocenters. The number of anilines is 2. The van der Waals surface area contributed by atoms with Crippen molar-refractivity contribution in [2.75, 3.05) is 70.1 Å². The Morgan fingerprint density at radius 3 is 2.44 bits per heavy atom. The molecule has 1 N–H and O–H groups in total. The molecule has 0 radical (unpaired) electrons. The van der Waals surface area contributed by atoms with E-state index in [0.29, 0.717) is 0 Å². The zero-order valence-corrected chi connectivity index (χ0v) is 16.9. The van der Waals surface area contributed by atoms with Gasteiger partial charge in [-0.15, -0.1) is 0 Å². The number of hydrogen-bond acceptors (Lipinski definition) is 6. The summed E-state index contributed by atoms with van der Waals surface area (Å²) >= 11 is 0. The normalized spacial score (nSPS) is 15.3. The van der Waals surface area contributed by atoms with Crippen molar-refractivity contribution in [2.45, 2.75) is 13.3 Å². The number of likely N-dealkylation sites (N-methyl/N-ethyl adjacent to an activating group) is 1. The topological polar surface area (TPSA) is 47.5 Å². The van der Waals surface area contributed by atoms with E-state index in [9.17, 15) is 0 Å². The summed E-state index contributed by atoms with van der Waals surface area (Å²) in [5.74, 6) is 1.75. The first-order valence-corrected chi connectivity index (χ1v) is 9.96. The van der Waals surface area contributed by atoms with Crippen LogP contribution in [0.1, 0.15) is 13.3 Å². The molecule has 1 aromatic heterocycles. The van der Waals surface area contributed by atoms with E-state index in [0.717, 1.165) is 75.3 Å². The van der Waals surface area contributed by atoms with Crippen LogP contribution in [-0.4, -0.2) is 79.7 Å². The third-order valence-corrected chi connectivity index (χ3v) is 4.97. The molecule has 1 aromatic carbocycles. The van der Waals surface area contributed by atoms with Gasteiger partial charge in [-0.25, -0.2) is 4.98 Å². The van der Waals surface area contributed by atoms with Gasteiger partial charge in [0.1, 0.15) is 5.82 Å². The second-order valence-corrected chi connectivity index (χ2v) is 7.31. The van der Waals surface area contributed by atoms with Gasteiger partial charge in [-0.2, -0.15) is 4.98 Å². The Morgan fingerprint density at radius 1 is 1.04 bits per heavy atom. The minimum absolute atomic E-state index is 0.835. The number of piperazine rings is 1. The quantitative estimate of drug-likeness (QED) is 0.723.